The molecule has 1 fully saturated rings. The van der Waals surface area contributed by atoms with Gasteiger partial charge in [-0.3, -0.25) is 9.36 Å². The van der Waals surface area contributed by atoms with Crippen molar-refractivity contribution in [3.8, 4) is 17.0 Å². The number of ether oxygens (including phenoxy) is 2. The van der Waals surface area contributed by atoms with E-state index in [4.69, 9.17) is 9.47 Å². The Morgan fingerprint density at radius 3 is 2.39 bits per heavy atom. The Kier molecular flexibility index (Phi) is 7.03. The molecule has 2 heterocycles. The summed E-state index contributed by atoms with van der Waals surface area (Å²) in [6.45, 7) is -0.570. The molecule has 33 heavy (non-hydrogen) atoms. The zero-order valence-electron chi connectivity index (χ0n) is 17.7. The first-order chi connectivity index (χ1) is 15.9. The Bertz CT molecular complexity index is 1160. The summed E-state index contributed by atoms with van der Waals surface area (Å²) in [7, 11) is 1.56. The van der Waals surface area contributed by atoms with E-state index in [1.165, 1.54) is 4.57 Å². The SMILES string of the molecule is COc1ccc(-c2csc(=NC(=O)c3ccccc3)n2[C@@H]2O[C@H](CO)[C@@H](O)[C@H](O)[C@H]2O)cc1. The van der Waals surface area contributed by atoms with E-state index in [1.807, 2.05) is 0 Å². The van der Waals surface area contributed by atoms with Crippen molar-refractivity contribution >= 4 is 17.2 Å². The topological polar surface area (TPSA) is 134 Å². The van der Waals surface area contributed by atoms with Gasteiger partial charge in [-0.15, -0.1) is 11.3 Å². The highest BCUT2D eigenvalue weighted by Gasteiger charge is 2.45. The molecule has 4 N–H and O–H groups in total. The number of benzene rings is 2. The first kappa shape index (κ1) is 23.3. The van der Waals surface area contributed by atoms with E-state index >= 15 is 0 Å². The van der Waals surface area contributed by atoms with Crippen molar-refractivity contribution in [1.82, 2.24) is 4.57 Å². The van der Waals surface area contributed by atoms with E-state index in [0.29, 0.717) is 17.0 Å². The van der Waals surface area contributed by atoms with Crippen LogP contribution in [0.15, 0.2) is 65.0 Å². The van der Waals surface area contributed by atoms with Crippen LogP contribution in [0.1, 0.15) is 16.6 Å². The maximum absolute atomic E-state index is 12.8. The van der Waals surface area contributed by atoms with Crippen LogP contribution in [0.5, 0.6) is 5.75 Å². The highest BCUT2D eigenvalue weighted by molar-refractivity contribution is 7.07. The lowest BCUT2D eigenvalue weighted by Gasteiger charge is -2.40. The zero-order valence-corrected chi connectivity index (χ0v) is 18.5. The average molecular weight is 473 g/mol. The summed E-state index contributed by atoms with van der Waals surface area (Å²) in [5, 5.41) is 42.6. The predicted molar refractivity (Wildman–Crippen MR) is 120 cm³/mol. The van der Waals surface area contributed by atoms with E-state index < -0.39 is 43.2 Å². The molecule has 0 radical (unpaired) electrons. The average Bonchev–Trinajstić information content (AvgIpc) is 3.26. The Morgan fingerprint density at radius 1 is 1.06 bits per heavy atom. The second-order valence-corrected chi connectivity index (χ2v) is 8.34. The van der Waals surface area contributed by atoms with Gasteiger partial charge >= 0.3 is 0 Å². The van der Waals surface area contributed by atoms with Crippen LogP contribution in [0.25, 0.3) is 11.3 Å². The molecule has 1 aromatic heterocycles. The number of carbonyl (C=O) groups is 1. The van der Waals surface area contributed by atoms with Gasteiger partial charge < -0.3 is 29.9 Å². The molecule has 1 saturated heterocycles. The fourth-order valence-corrected chi connectivity index (χ4v) is 4.57. The molecule has 10 heteroatoms. The Labute approximate surface area is 193 Å². The van der Waals surface area contributed by atoms with Gasteiger partial charge in [-0.25, -0.2) is 0 Å². The molecule has 4 rings (SSSR count). The predicted octanol–water partition coefficient (Wildman–Crippen LogP) is 0.939. The molecule has 2 aromatic carbocycles. The molecular formula is C23H24N2O7S. The highest BCUT2D eigenvalue weighted by atomic mass is 32.1. The van der Waals surface area contributed by atoms with Gasteiger partial charge in [-0.05, 0) is 42.0 Å². The number of rotatable bonds is 5. The summed E-state index contributed by atoms with van der Waals surface area (Å²) in [5.41, 5.74) is 1.67. The van der Waals surface area contributed by atoms with Crippen LogP contribution >= 0.6 is 11.3 Å². The van der Waals surface area contributed by atoms with Crippen molar-refractivity contribution in [2.75, 3.05) is 13.7 Å². The van der Waals surface area contributed by atoms with E-state index in [2.05, 4.69) is 4.99 Å². The van der Waals surface area contributed by atoms with Crippen LogP contribution < -0.4 is 9.54 Å². The molecule has 174 valence electrons. The Balaban J connectivity index is 1.85. The maximum atomic E-state index is 12.8. The number of aromatic nitrogens is 1. The highest BCUT2D eigenvalue weighted by Crippen LogP contribution is 2.32. The largest absolute Gasteiger partial charge is 0.497 e. The summed E-state index contributed by atoms with van der Waals surface area (Å²) < 4.78 is 12.5. The third-order valence-corrected chi connectivity index (χ3v) is 6.31. The number of thiazole rings is 1. The number of amides is 1. The van der Waals surface area contributed by atoms with Crippen molar-refractivity contribution in [2.45, 2.75) is 30.6 Å². The van der Waals surface area contributed by atoms with E-state index in [-0.39, 0.29) is 4.80 Å². The number of aliphatic hydroxyl groups is 4. The monoisotopic (exact) mass is 472 g/mol. The molecular weight excluding hydrogens is 448 g/mol. The fraction of sp³-hybridized carbons (Fsp3) is 0.304. The van der Waals surface area contributed by atoms with E-state index in [0.717, 1.165) is 16.9 Å². The second kappa shape index (κ2) is 9.96. The van der Waals surface area contributed by atoms with Crippen LogP contribution in [-0.4, -0.2) is 69.0 Å². The van der Waals surface area contributed by atoms with Gasteiger partial charge in [0.15, 0.2) is 11.0 Å². The van der Waals surface area contributed by atoms with Crippen LogP contribution in [0, 0.1) is 0 Å². The maximum Gasteiger partial charge on any atom is 0.279 e. The van der Waals surface area contributed by atoms with Crippen molar-refractivity contribution in [1.29, 1.82) is 0 Å². The molecule has 0 spiro atoms. The van der Waals surface area contributed by atoms with Crippen molar-refractivity contribution in [3.63, 3.8) is 0 Å². The summed E-state index contributed by atoms with van der Waals surface area (Å²) in [6, 6.07) is 15.6. The second-order valence-electron chi connectivity index (χ2n) is 7.50. The fourth-order valence-electron chi connectivity index (χ4n) is 3.65. The summed E-state index contributed by atoms with van der Waals surface area (Å²) >= 11 is 1.16. The molecule has 1 amide bonds. The molecule has 3 aromatic rings. The van der Waals surface area contributed by atoms with Gasteiger partial charge in [-0.2, -0.15) is 4.99 Å². The van der Waals surface area contributed by atoms with Gasteiger partial charge in [0.2, 0.25) is 0 Å². The number of hydrogen-bond donors (Lipinski definition) is 4. The van der Waals surface area contributed by atoms with E-state index in [1.54, 1.807) is 67.1 Å². The Hall–Kier alpha value is -2.86. The third-order valence-electron chi connectivity index (χ3n) is 5.47. The number of methoxy groups -OCH3 is 1. The number of aliphatic hydroxyl groups excluding tert-OH is 4. The smallest absolute Gasteiger partial charge is 0.279 e. The van der Waals surface area contributed by atoms with Crippen LogP contribution in [0.2, 0.25) is 0 Å². The minimum atomic E-state index is -1.57. The van der Waals surface area contributed by atoms with Gasteiger partial charge in [0.1, 0.15) is 30.2 Å². The molecule has 0 bridgehead atoms. The molecule has 0 saturated carbocycles. The molecule has 1 aliphatic rings. The normalized spacial score (nSPS) is 25.7. The van der Waals surface area contributed by atoms with Crippen molar-refractivity contribution < 1.29 is 34.7 Å². The first-order valence-electron chi connectivity index (χ1n) is 10.2. The Morgan fingerprint density at radius 2 is 1.76 bits per heavy atom. The van der Waals surface area contributed by atoms with Crippen molar-refractivity contribution in [2.24, 2.45) is 4.99 Å². The third kappa shape index (κ3) is 4.62. The minimum absolute atomic E-state index is 0.221. The summed E-state index contributed by atoms with van der Waals surface area (Å²) in [4.78, 5) is 17.2. The van der Waals surface area contributed by atoms with Gasteiger partial charge in [0, 0.05) is 10.9 Å². The number of hydrogen-bond acceptors (Lipinski definition) is 8. The number of nitrogens with zero attached hydrogens (tertiary/aromatic N) is 2. The summed E-state index contributed by atoms with van der Waals surface area (Å²) in [5.74, 6) is 0.162. The molecule has 0 aliphatic carbocycles. The van der Waals surface area contributed by atoms with Gasteiger partial charge in [0.25, 0.3) is 5.91 Å². The lowest BCUT2D eigenvalue weighted by Crippen LogP contribution is -2.57. The van der Waals surface area contributed by atoms with Crippen LogP contribution in [0.3, 0.4) is 0 Å². The zero-order chi connectivity index (χ0) is 23.5. The molecule has 1 aliphatic heterocycles. The molecule has 5 atom stereocenters. The summed E-state index contributed by atoms with van der Waals surface area (Å²) in [6.07, 6.45) is -6.94. The minimum Gasteiger partial charge on any atom is -0.497 e. The quantitative estimate of drug-likeness (QED) is 0.434. The van der Waals surface area contributed by atoms with Gasteiger partial charge in [0.05, 0.1) is 19.4 Å². The number of carbonyl (C=O) groups excluding carboxylic acids is 1. The van der Waals surface area contributed by atoms with Crippen molar-refractivity contribution in [3.05, 3.63) is 70.3 Å². The first-order valence-corrected chi connectivity index (χ1v) is 11.1. The van der Waals surface area contributed by atoms with E-state index in [9.17, 15) is 25.2 Å². The lowest BCUT2D eigenvalue weighted by atomic mass is 9.98. The molecule has 9 nitrogen and oxygen atoms in total. The standard InChI is InChI=1S/C23H24N2O7S/c1-31-15-9-7-13(8-10-15)16-12-33-23(24-21(30)14-5-3-2-4-6-14)25(16)22-20(29)19(28)18(27)17(11-26)32-22/h2-10,12,17-20,22,26-29H,11H2,1H3/t17-,18-,19+,20-,22-/m1/s1. The van der Waals surface area contributed by atoms with Gasteiger partial charge in [-0.1, -0.05) is 18.2 Å². The van der Waals surface area contributed by atoms with Crippen LogP contribution in [0.4, 0.5) is 0 Å². The lowest BCUT2D eigenvalue weighted by molar-refractivity contribution is -0.251. The molecule has 0 unspecified atom stereocenters. The van der Waals surface area contributed by atoms with Crippen LogP contribution in [-0.2, 0) is 4.74 Å².